The lowest BCUT2D eigenvalue weighted by Gasteiger charge is -2.22. The fourth-order valence-electron chi connectivity index (χ4n) is 1.64. The molecule has 0 aliphatic rings. The number of ether oxygens (including phenoxy) is 3. The molecule has 0 heterocycles. The van der Waals surface area contributed by atoms with Crippen molar-refractivity contribution in [3.8, 4) is 17.2 Å². The first-order valence-electron chi connectivity index (χ1n) is 5.51. The molecule has 0 amide bonds. The van der Waals surface area contributed by atoms with Crippen LogP contribution in [0.2, 0.25) is 0 Å². The maximum Gasteiger partial charge on any atom is 0.203 e. The molecule has 0 fully saturated rings. The van der Waals surface area contributed by atoms with Gasteiger partial charge in [0.15, 0.2) is 11.5 Å². The molecule has 0 spiro atoms. The minimum absolute atomic E-state index is 0.281. The van der Waals surface area contributed by atoms with Crippen LogP contribution in [-0.2, 0) is 0 Å². The fourth-order valence-corrected chi connectivity index (χ4v) is 1.64. The Balaban J connectivity index is 3.27. The summed E-state index contributed by atoms with van der Waals surface area (Å²) in [6, 6.07) is 4.24. The number of benzene rings is 1. The van der Waals surface area contributed by atoms with Crippen LogP contribution in [0.4, 0.5) is 0 Å². The van der Waals surface area contributed by atoms with Crippen LogP contribution < -0.4 is 14.2 Å². The van der Waals surface area contributed by atoms with E-state index in [1.54, 1.807) is 21.3 Å². The summed E-state index contributed by atoms with van der Waals surface area (Å²) in [6.07, 6.45) is 0. The van der Waals surface area contributed by atoms with E-state index in [2.05, 4.69) is 11.8 Å². The number of rotatable bonds is 5. The summed E-state index contributed by atoms with van der Waals surface area (Å²) in [4.78, 5) is 2.13. The van der Waals surface area contributed by atoms with Gasteiger partial charge in [-0.2, -0.15) is 0 Å². The third-order valence-corrected chi connectivity index (χ3v) is 2.94. The zero-order valence-electron chi connectivity index (χ0n) is 11.4. The van der Waals surface area contributed by atoms with E-state index in [-0.39, 0.29) is 6.04 Å². The first kappa shape index (κ1) is 13.6. The first-order valence-corrected chi connectivity index (χ1v) is 5.51. The van der Waals surface area contributed by atoms with Crippen LogP contribution in [0.15, 0.2) is 12.1 Å². The van der Waals surface area contributed by atoms with Gasteiger partial charge in [-0.15, -0.1) is 0 Å². The predicted octanol–water partition coefficient (Wildman–Crippen LogP) is 2.33. The highest BCUT2D eigenvalue weighted by Gasteiger charge is 2.17. The molecule has 17 heavy (non-hydrogen) atoms. The molecule has 0 bridgehead atoms. The van der Waals surface area contributed by atoms with Crippen molar-refractivity contribution < 1.29 is 14.2 Å². The van der Waals surface area contributed by atoms with Gasteiger partial charge in [0, 0.05) is 6.04 Å². The Bertz CT molecular complexity index is 352. The summed E-state index contributed by atoms with van der Waals surface area (Å²) in [5.41, 5.74) is 1.13. The topological polar surface area (TPSA) is 30.9 Å². The molecule has 0 radical (unpaired) electrons. The third-order valence-electron chi connectivity index (χ3n) is 2.94. The molecule has 4 heteroatoms. The SMILES string of the molecule is COc1cc(C(C)N(C)C)cc(OC)c1OC. The van der Waals surface area contributed by atoms with E-state index in [0.29, 0.717) is 17.2 Å². The molecular formula is C13H21NO3. The van der Waals surface area contributed by atoms with Crippen LogP contribution in [0, 0.1) is 0 Å². The lowest BCUT2D eigenvalue weighted by molar-refractivity contribution is 0.307. The highest BCUT2D eigenvalue weighted by molar-refractivity contribution is 5.54. The molecule has 1 aromatic carbocycles. The molecule has 0 N–H and O–H groups in total. The Morgan fingerprint density at radius 1 is 0.941 bits per heavy atom. The number of hydrogen-bond acceptors (Lipinski definition) is 4. The van der Waals surface area contributed by atoms with Crippen molar-refractivity contribution in [1.82, 2.24) is 4.90 Å². The van der Waals surface area contributed by atoms with Gasteiger partial charge in [0.1, 0.15) is 0 Å². The second-order valence-electron chi connectivity index (χ2n) is 4.10. The molecule has 0 aliphatic heterocycles. The van der Waals surface area contributed by atoms with Crippen molar-refractivity contribution in [2.24, 2.45) is 0 Å². The van der Waals surface area contributed by atoms with E-state index in [1.807, 2.05) is 26.2 Å². The number of methoxy groups -OCH3 is 3. The van der Waals surface area contributed by atoms with E-state index in [9.17, 15) is 0 Å². The van der Waals surface area contributed by atoms with Gasteiger partial charge >= 0.3 is 0 Å². The molecular weight excluding hydrogens is 218 g/mol. The summed E-state index contributed by atoms with van der Waals surface area (Å²) in [5.74, 6) is 2.01. The molecule has 1 unspecified atom stereocenters. The van der Waals surface area contributed by atoms with E-state index < -0.39 is 0 Å². The maximum atomic E-state index is 5.33. The largest absolute Gasteiger partial charge is 0.493 e. The minimum Gasteiger partial charge on any atom is -0.493 e. The van der Waals surface area contributed by atoms with Crippen LogP contribution in [0.25, 0.3) is 0 Å². The van der Waals surface area contributed by atoms with Gasteiger partial charge in [-0.25, -0.2) is 0 Å². The van der Waals surface area contributed by atoms with Crippen molar-refractivity contribution in [3.05, 3.63) is 17.7 Å². The highest BCUT2D eigenvalue weighted by Crippen LogP contribution is 2.40. The van der Waals surface area contributed by atoms with Gasteiger partial charge in [0.25, 0.3) is 0 Å². The van der Waals surface area contributed by atoms with Crippen molar-refractivity contribution in [1.29, 1.82) is 0 Å². The quantitative estimate of drug-likeness (QED) is 0.789. The van der Waals surface area contributed by atoms with Crippen LogP contribution in [-0.4, -0.2) is 40.3 Å². The van der Waals surface area contributed by atoms with Crippen LogP contribution >= 0.6 is 0 Å². The summed E-state index contributed by atoms with van der Waals surface area (Å²) in [5, 5.41) is 0. The van der Waals surface area contributed by atoms with Crippen LogP contribution in [0.5, 0.6) is 17.2 Å². The van der Waals surface area contributed by atoms with Gasteiger partial charge in [-0.1, -0.05) is 0 Å². The second kappa shape index (κ2) is 5.77. The average Bonchev–Trinajstić information content (AvgIpc) is 2.35. The Labute approximate surface area is 103 Å². The van der Waals surface area contributed by atoms with E-state index in [4.69, 9.17) is 14.2 Å². The highest BCUT2D eigenvalue weighted by atomic mass is 16.5. The maximum absolute atomic E-state index is 5.33. The zero-order chi connectivity index (χ0) is 13.0. The molecule has 1 atom stereocenters. The Morgan fingerprint density at radius 3 is 1.71 bits per heavy atom. The lowest BCUT2D eigenvalue weighted by atomic mass is 10.1. The monoisotopic (exact) mass is 239 g/mol. The van der Waals surface area contributed by atoms with Crippen molar-refractivity contribution in [3.63, 3.8) is 0 Å². The van der Waals surface area contributed by atoms with Gasteiger partial charge in [-0.3, -0.25) is 0 Å². The van der Waals surface area contributed by atoms with Crippen molar-refractivity contribution in [2.45, 2.75) is 13.0 Å². The van der Waals surface area contributed by atoms with Gasteiger partial charge < -0.3 is 19.1 Å². The Kier molecular flexibility index (Phi) is 4.63. The molecule has 96 valence electrons. The fraction of sp³-hybridized carbons (Fsp3) is 0.538. The normalized spacial score (nSPS) is 12.4. The van der Waals surface area contributed by atoms with Gasteiger partial charge in [-0.05, 0) is 38.7 Å². The Hall–Kier alpha value is -1.42. The molecule has 0 aromatic heterocycles. The number of nitrogens with zero attached hydrogens (tertiary/aromatic N) is 1. The summed E-state index contributed by atoms with van der Waals surface area (Å²) in [6.45, 7) is 2.13. The van der Waals surface area contributed by atoms with Crippen molar-refractivity contribution in [2.75, 3.05) is 35.4 Å². The Morgan fingerprint density at radius 2 is 1.41 bits per heavy atom. The van der Waals surface area contributed by atoms with E-state index in [1.165, 1.54) is 0 Å². The minimum atomic E-state index is 0.281. The van der Waals surface area contributed by atoms with Crippen LogP contribution in [0.1, 0.15) is 18.5 Å². The summed E-state index contributed by atoms with van der Waals surface area (Å²) in [7, 11) is 8.93. The molecule has 0 saturated heterocycles. The summed E-state index contributed by atoms with van der Waals surface area (Å²) >= 11 is 0. The van der Waals surface area contributed by atoms with Crippen molar-refractivity contribution >= 4 is 0 Å². The van der Waals surface area contributed by atoms with E-state index in [0.717, 1.165) is 5.56 Å². The molecule has 0 saturated carbocycles. The zero-order valence-corrected chi connectivity index (χ0v) is 11.4. The first-order chi connectivity index (χ1) is 8.04. The molecule has 1 rings (SSSR count). The summed E-state index contributed by atoms with van der Waals surface area (Å²) < 4.78 is 15.9. The van der Waals surface area contributed by atoms with E-state index >= 15 is 0 Å². The molecule has 1 aromatic rings. The lowest BCUT2D eigenvalue weighted by Crippen LogP contribution is -2.17. The van der Waals surface area contributed by atoms with Gasteiger partial charge in [0.05, 0.1) is 21.3 Å². The standard InChI is InChI=1S/C13H21NO3/c1-9(14(2)3)10-7-11(15-4)13(17-6)12(8-10)16-5/h7-9H,1-6H3. The van der Waals surface area contributed by atoms with Crippen LogP contribution in [0.3, 0.4) is 0 Å². The smallest absolute Gasteiger partial charge is 0.203 e. The number of hydrogen-bond donors (Lipinski definition) is 0. The molecule has 4 nitrogen and oxygen atoms in total. The van der Waals surface area contributed by atoms with Gasteiger partial charge in [0.2, 0.25) is 5.75 Å². The molecule has 0 aliphatic carbocycles. The average molecular weight is 239 g/mol. The third kappa shape index (κ3) is 2.82. The second-order valence-corrected chi connectivity index (χ2v) is 4.10. The predicted molar refractivity (Wildman–Crippen MR) is 68.2 cm³/mol.